The molecule has 24 heavy (non-hydrogen) atoms. The van der Waals surface area contributed by atoms with Gasteiger partial charge in [-0.2, -0.15) is 0 Å². The maximum atomic E-state index is 11.7. The quantitative estimate of drug-likeness (QED) is 0.655. The average molecular weight is 342 g/mol. The normalized spacial score (nSPS) is 10.4. The number of amides is 1. The van der Waals surface area contributed by atoms with Crippen LogP contribution in [0.5, 0.6) is 5.75 Å². The molecule has 3 aromatic rings. The molecule has 0 aliphatic heterocycles. The SMILES string of the molecule is O=C(Nc1ccc(Cl)cc1)OCCOc1ccc2ccccc2c1. The van der Waals surface area contributed by atoms with Crippen molar-refractivity contribution in [2.45, 2.75) is 0 Å². The lowest BCUT2D eigenvalue weighted by molar-refractivity contribution is 0.138. The van der Waals surface area contributed by atoms with Crippen molar-refractivity contribution in [1.29, 1.82) is 0 Å². The van der Waals surface area contributed by atoms with Gasteiger partial charge in [0.2, 0.25) is 0 Å². The number of benzene rings is 3. The van der Waals surface area contributed by atoms with Gasteiger partial charge >= 0.3 is 6.09 Å². The van der Waals surface area contributed by atoms with Crippen LogP contribution >= 0.6 is 11.6 Å². The van der Waals surface area contributed by atoms with E-state index in [9.17, 15) is 4.79 Å². The number of nitrogens with one attached hydrogen (secondary N) is 1. The van der Waals surface area contributed by atoms with E-state index in [-0.39, 0.29) is 13.2 Å². The van der Waals surface area contributed by atoms with Crippen molar-refractivity contribution in [2.75, 3.05) is 18.5 Å². The highest BCUT2D eigenvalue weighted by molar-refractivity contribution is 6.30. The fraction of sp³-hybridized carbons (Fsp3) is 0.105. The van der Waals surface area contributed by atoms with Gasteiger partial charge < -0.3 is 9.47 Å². The number of anilines is 1. The summed E-state index contributed by atoms with van der Waals surface area (Å²) >= 11 is 5.78. The van der Waals surface area contributed by atoms with Gasteiger partial charge in [0, 0.05) is 10.7 Å². The Labute approximate surface area is 145 Å². The summed E-state index contributed by atoms with van der Waals surface area (Å²) < 4.78 is 10.7. The third-order valence-corrected chi connectivity index (χ3v) is 3.65. The van der Waals surface area contributed by atoms with E-state index in [2.05, 4.69) is 5.32 Å². The molecule has 4 nitrogen and oxygen atoms in total. The van der Waals surface area contributed by atoms with Crippen LogP contribution in [0.2, 0.25) is 5.02 Å². The number of carbonyl (C=O) groups excluding carboxylic acids is 1. The van der Waals surface area contributed by atoms with E-state index in [1.807, 2.05) is 42.5 Å². The largest absolute Gasteiger partial charge is 0.490 e. The number of fused-ring (bicyclic) bond motifs is 1. The lowest BCUT2D eigenvalue weighted by atomic mass is 10.1. The first-order valence-corrected chi connectivity index (χ1v) is 7.89. The van der Waals surface area contributed by atoms with Crippen LogP contribution in [-0.2, 0) is 4.74 Å². The Balaban J connectivity index is 1.44. The lowest BCUT2D eigenvalue weighted by Gasteiger charge is -2.09. The molecule has 0 atom stereocenters. The van der Waals surface area contributed by atoms with Crippen molar-refractivity contribution in [3.05, 3.63) is 71.8 Å². The number of rotatable bonds is 5. The highest BCUT2D eigenvalue weighted by Gasteiger charge is 2.03. The van der Waals surface area contributed by atoms with Crippen molar-refractivity contribution >= 4 is 34.2 Å². The van der Waals surface area contributed by atoms with Crippen LogP contribution in [0.15, 0.2) is 66.7 Å². The molecule has 0 saturated heterocycles. The Morgan fingerprint density at radius 3 is 2.46 bits per heavy atom. The molecule has 0 aliphatic carbocycles. The fourth-order valence-electron chi connectivity index (χ4n) is 2.24. The fourth-order valence-corrected chi connectivity index (χ4v) is 2.36. The predicted octanol–water partition coefficient (Wildman–Crippen LogP) is 5.12. The third-order valence-electron chi connectivity index (χ3n) is 3.40. The molecule has 0 aromatic heterocycles. The molecule has 0 fully saturated rings. The van der Waals surface area contributed by atoms with E-state index in [4.69, 9.17) is 21.1 Å². The minimum absolute atomic E-state index is 0.159. The molecule has 0 unspecified atom stereocenters. The van der Waals surface area contributed by atoms with Gasteiger partial charge in [-0.1, -0.05) is 41.9 Å². The highest BCUT2D eigenvalue weighted by atomic mass is 35.5. The standard InChI is InChI=1S/C19H16ClNO3/c20-16-6-8-17(9-7-16)21-19(22)24-12-11-23-18-10-5-14-3-1-2-4-15(14)13-18/h1-10,13H,11-12H2,(H,21,22). The summed E-state index contributed by atoms with van der Waals surface area (Å²) in [7, 11) is 0. The molecule has 0 heterocycles. The van der Waals surface area contributed by atoms with E-state index in [0.29, 0.717) is 10.7 Å². The summed E-state index contributed by atoms with van der Waals surface area (Å²) in [6, 6.07) is 20.7. The number of ether oxygens (including phenoxy) is 2. The van der Waals surface area contributed by atoms with Crippen LogP contribution in [-0.4, -0.2) is 19.3 Å². The molecular weight excluding hydrogens is 326 g/mol. The Morgan fingerprint density at radius 2 is 1.67 bits per heavy atom. The van der Waals surface area contributed by atoms with Gasteiger partial charge in [0.05, 0.1) is 0 Å². The second-order valence-electron chi connectivity index (χ2n) is 5.13. The summed E-state index contributed by atoms with van der Waals surface area (Å²) in [5.74, 6) is 0.746. The summed E-state index contributed by atoms with van der Waals surface area (Å²) in [6.07, 6.45) is -0.528. The molecule has 1 N–H and O–H groups in total. The molecule has 0 radical (unpaired) electrons. The first-order chi connectivity index (χ1) is 11.7. The highest BCUT2D eigenvalue weighted by Crippen LogP contribution is 2.20. The first-order valence-electron chi connectivity index (χ1n) is 7.52. The van der Waals surface area contributed by atoms with E-state index in [1.54, 1.807) is 24.3 Å². The minimum atomic E-state index is -0.528. The zero-order chi connectivity index (χ0) is 16.8. The second-order valence-corrected chi connectivity index (χ2v) is 5.56. The summed E-state index contributed by atoms with van der Waals surface area (Å²) in [5, 5.41) is 5.49. The van der Waals surface area contributed by atoms with Gasteiger partial charge in [-0.05, 0) is 47.2 Å². The van der Waals surface area contributed by atoms with Gasteiger partial charge in [0.25, 0.3) is 0 Å². The molecule has 3 aromatic carbocycles. The molecular formula is C19H16ClNO3. The number of halogens is 1. The van der Waals surface area contributed by atoms with Gasteiger partial charge in [0.15, 0.2) is 0 Å². The van der Waals surface area contributed by atoms with Crippen LogP contribution in [0.1, 0.15) is 0 Å². The van der Waals surface area contributed by atoms with Crippen LogP contribution in [0.4, 0.5) is 10.5 Å². The van der Waals surface area contributed by atoms with E-state index < -0.39 is 6.09 Å². The van der Waals surface area contributed by atoms with E-state index in [0.717, 1.165) is 16.5 Å². The first kappa shape index (κ1) is 16.1. The zero-order valence-corrected chi connectivity index (χ0v) is 13.6. The van der Waals surface area contributed by atoms with E-state index >= 15 is 0 Å². The monoisotopic (exact) mass is 341 g/mol. The van der Waals surface area contributed by atoms with Gasteiger partial charge in [-0.25, -0.2) is 4.79 Å². The molecule has 0 saturated carbocycles. The van der Waals surface area contributed by atoms with Gasteiger partial charge in [-0.15, -0.1) is 0 Å². The van der Waals surface area contributed by atoms with Crippen LogP contribution in [0.3, 0.4) is 0 Å². The van der Waals surface area contributed by atoms with Gasteiger partial charge in [-0.3, -0.25) is 5.32 Å². The number of hydrogen-bond acceptors (Lipinski definition) is 3. The lowest BCUT2D eigenvalue weighted by Crippen LogP contribution is -2.17. The maximum Gasteiger partial charge on any atom is 0.411 e. The molecule has 122 valence electrons. The van der Waals surface area contributed by atoms with Crippen LogP contribution < -0.4 is 10.1 Å². The third kappa shape index (κ3) is 4.40. The molecule has 0 spiro atoms. The van der Waals surface area contributed by atoms with Crippen molar-refractivity contribution in [1.82, 2.24) is 0 Å². The topological polar surface area (TPSA) is 47.6 Å². The molecule has 0 aliphatic rings. The number of carbonyl (C=O) groups is 1. The molecule has 0 bridgehead atoms. The maximum absolute atomic E-state index is 11.7. The van der Waals surface area contributed by atoms with Crippen LogP contribution in [0.25, 0.3) is 10.8 Å². The smallest absolute Gasteiger partial charge is 0.411 e. The Kier molecular flexibility index (Phi) is 5.18. The second kappa shape index (κ2) is 7.70. The summed E-state index contributed by atoms with van der Waals surface area (Å²) in [5.41, 5.74) is 0.625. The predicted molar refractivity (Wildman–Crippen MR) is 95.9 cm³/mol. The molecule has 5 heteroatoms. The van der Waals surface area contributed by atoms with Crippen LogP contribution in [0, 0.1) is 0 Å². The average Bonchev–Trinajstić information content (AvgIpc) is 2.60. The molecule has 3 rings (SSSR count). The van der Waals surface area contributed by atoms with Gasteiger partial charge in [0.1, 0.15) is 19.0 Å². The number of hydrogen-bond donors (Lipinski definition) is 1. The minimum Gasteiger partial charge on any atom is -0.490 e. The summed E-state index contributed by atoms with van der Waals surface area (Å²) in [4.78, 5) is 11.7. The van der Waals surface area contributed by atoms with Crippen molar-refractivity contribution in [3.8, 4) is 5.75 Å². The summed E-state index contributed by atoms with van der Waals surface area (Å²) in [6.45, 7) is 0.443. The Bertz CT molecular complexity index is 833. The Hall–Kier alpha value is -2.72. The van der Waals surface area contributed by atoms with Crippen molar-refractivity contribution in [2.24, 2.45) is 0 Å². The van der Waals surface area contributed by atoms with E-state index in [1.165, 1.54) is 0 Å². The zero-order valence-electron chi connectivity index (χ0n) is 12.9. The molecule has 1 amide bonds. The van der Waals surface area contributed by atoms with Crippen molar-refractivity contribution in [3.63, 3.8) is 0 Å². The van der Waals surface area contributed by atoms with Crippen molar-refractivity contribution < 1.29 is 14.3 Å². The Morgan fingerprint density at radius 1 is 0.917 bits per heavy atom.